The number of aliphatic hydroxyl groups excluding tert-OH is 1. The van der Waals surface area contributed by atoms with Gasteiger partial charge in [0.1, 0.15) is 6.10 Å². The summed E-state index contributed by atoms with van der Waals surface area (Å²) in [5.41, 5.74) is -0.333. The second-order valence-corrected chi connectivity index (χ2v) is 6.16. The van der Waals surface area contributed by atoms with Crippen molar-refractivity contribution in [3.05, 3.63) is 29.2 Å². The Morgan fingerprint density at radius 1 is 1.19 bits per heavy atom. The number of ether oxygens (including phenoxy) is 4. The Morgan fingerprint density at radius 2 is 1.81 bits per heavy atom. The van der Waals surface area contributed by atoms with Crippen LogP contribution in [0.2, 0.25) is 0 Å². The van der Waals surface area contributed by atoms with Gasteiger partial charge in [0.2, 0.25) is 11.5 Å². The van der Waals surface area contributed by atoms with Crippen LogP contribution in [-0.4, -0.2) is 57.0 Å². The molecule has 2 atom stereocenters. The van der Waals surface area contributed by atoms with Crippen molar-refractivity contribution in [2.75, 3.05) is 6.61 Å². The molecule has 10 heteroatoms. The quantitative estimate of drug-likeness (QED) is 0.445. The van der Waals surface area contributed by atoms with Crippen molar-refractivity contribution in [1.29, 1.82) is 0 Å². The molecule has 0 amide bonds. The van der Waals surface area contributed by atoms with Gasteiger partial charge in [-0.3, -0.25) is 0 Å². The first kappa shape index (κ1) is 17.8. The molecule has 140 valence electrons. The Hall–Kier alpha value is -2.98. The third kappa shape index (κ3) is 3.11. The molecule has 0 radical (unpaired) electrons. The van der Waals surface area contributed by atoms with E-state index >= 15 is 0 Å². The number of carbonyl (C=O) groups is 2. The predicted molar refractivity (Wildman–Crippen MR) is 81.3 cm³/mol. The lowest BCUT2D eigenvalue weighted by atomic mass is 10.1. The highest BCUT2D eigenvalue weighted by Crippen LogP contribution is 2.37. The van der Waals surface area contributed by atoms with E-state index in [4.69, 9.17) is 18.9 Å². The minimum Gasteiger partial charge on any atom is -0.504 e. The minimum atomic E-state index is -1.22. The molecule has 0 spiro atoms. The number of phenols is 3. The molecule has 2 aliphatic heterocycles. The topological polar surface area (TPSA) is 152 Å². The highest BCUT2D eigenvalue weighted by molar-refractivity contribution is 5.94. The van der Waals surface area contributed by atoms with Gasteiger partial charge >= 0.3 is 11.9 Å². The third-order valence-electron chi connectivity index (χ3n) is 3.80. The van der Waals surface area contributed by atoms with Crippen LogP contribution in [0.1, 0.15) is 24.2 Å². The molecular formula is C16H16O10. The number of rotatable bonds is 3. The van der Waals surface area contributed by atoms with Crippen molar-refractivity contribution < 1.29 is 49.0 Å². The van der Waals surface area contributed by atoms with Gasteiger partial charge in [-0.15, -0.1) is 0 Å². The fourth-order valence-corrected chi connectivity index (χ4v) is 2.56. The highest BCUT2D eigenvalue weighted by Gasteiger charge is 2.48. The lowest BCUT2D eigenvalue weighted by molar-refractivity contribution is -0.163. The fourth-order valence-electron chi connectivity index (χ4n) is 2.56. The number of carbonyl (C=O) groups excluding carboxylic acids is 2. The summed E-state index contributed by atoms with van der Waals surface area (Å²) in [6, 6.07) is 1.69. The first-order chi connectivity index (χ1) is 12.1. The van der Waals surface area contributed by atoms with Gasteiger partial charge in [0, 0.05) is 0 Å². The summed E-state index contributed by atoms with van der Waals surface area (Å²) in [6.45, 7) is 3.31. The largest absolute Gasteiger partial charge is 0.504 e. The molecule has 0 aliphatic carbocycles. The summed E-state index contributed by atoms with van der Waals surface area (Å²) in [4.78, 5) is 23.9. The maximum absolute atomic E-state index is 12.2. The van der Waals surface area contributed by atoms with Crippen molar-refractivity contribution in [3.8, 4) is 17.2 Å². The Balaban J connectivity index is 1.84. The Kier molecular flexibility index (Phi) is 4.17. The van der Waals surface area contributed by atoms with Crippen molar-refractivity contribution in [2.24, 2.45) is 0 Å². The number of hydrogen-bond donors (Lipinski definition) is 4. The number of cyclic esters (lactones) is 1. The summed E-state index contributed by atoms with van der Waals surface area (Å²) in [5.74, 6) is -6.83. The normalized spacial score (nSPS) is 24.6. The Labute approximate surface area is 146 Å². The van der Waals surface area contributed by atoms with Crippen LogP contribution in [0, 0.1) is 0 Å². The van der Waals surface area contributed by atoms with Crippen molar-refractivity contribution >= 4 is 11.9 Å². The molecule has 1 saturated heterocycles. The van der Waals surface area contributed by atoms with Gasteiger partial charge in [-0.25, -0.2) is 9.59 Å². The van der Waals surface area contributed by atoms with Crippen LogP contribution in [0.25, 0.3) is 0 Å². The molecule has 2 heterocycles. The molecule has 26 heavy (non-hydrogen) atoms. The predicted octanol–water partition coefficient (Wildman–Crippen LogP) is 0.807. The Bertz CT molecular complexity index is 786. The van der Waals surface area contributed by atoms with Gasteiger partial charge in [0.05, 0.1) is 12.2 Å². The minimum absolute atomic E-state index is 0.0278. The first-order valence-electron chi connectivity index (χ1n) is 7.52. The number of hydrogen-bond acceptors (Lipinski definition) is 10. The van der Waals surface area contributed by atoms with Crippen LogP contribution < -0.4 is 0 Å². The second kappa shape index (κ2) is 6.07. The molecule has 1 fully saturated rings. The second-order valence-electron chi connectivity index (χ2n) is 6.16. The number of esters is 2. The maximum atomic E-state index is 12.2. The molecule has 0 bridgehead atoms. The van der Waals surface area contributed by atoms with E-state index in [2.05, 4.69) is 0 Å². The van der Waals surface area contributed by atoms with Crippen LogP contribution in [0.15, 0.2) is 23.7 Å². The lowest BCUT2D eigenvalue weighted by Gasteiger charge is -2.21. The van der Waals surface area contributed by atoms with E-state index in [1.54, 1.807) is 13.8 Å². The van der Waals surface area contributed by atoms with Gasteiger partial charge < -0.3 is 39.4 Å². The van der Waals surface area contributed by atoms with Crippen molar-refractivity contribution in [1.82, 2.24) is 0 Å². The monoisotopic (exact) mass is 368 g/mol. The van der Waals surface area contributed by atoms with Gasteiger partial charge in [-0.05, 0) is 26.0 Å². The van der Waals surface area contributed by atoms with Crippen LogP contribution in [0.4, 0.5) is 0 Å². The van der Waals surface area contributed by atoms with Crippen molar-refractivity contribution in [2.45, 2.75) is 31.8 Å². The zero-order valence-electron chi connectivity index (χ0n) is 13.8. The lowest BCUT2D eigenvalue weighted by Crippen LogP contribution is -2.34. The van der Waals surface area contributed by atoms with E-state index in [1.165, 1.54) is 0 Å². The van der Waals surface area contributed by atoms with E-state index in [1.807, 2.05) is 0 Å². The number of phenolic OH excluding ortho intramolecular Hbond substituents is 3. The third-order valence-corrected chi connectivity index (χ3v) is 3.80. The van der Waals surface area contributed by atoms with Crippen LogP contribution >= 0.6 is 0 Å². The smallest absolute Gasteiger partial charge is 0.378 e. The van der Waals surface area contributed by atoms with Crippen LogP contribution in [0.5, 0.6) is 17.2 Å². The molecular weight excluding hydrogens is 352 g/mol. The van der Waals surface area contributed by atoms with E-state index in [0.717, 1.165) is 12.1 Å². The summed E-state index contributed by atoms with van der Waals surface area (Å²) in [6.07, 6.45) is -2.03. The molecule has 3 rings (SSSR count). The van der Waals surface area contributed by atoms with E-state index in [0.29, 0.717) is 0 Å². The van der Waals surface area contributed by atoms with Crippen LogP contribution in [0.3, 0.4) is 0 Å². The molecule has 4 N–H and O–H groups in total. The standard InChI is InChI=1S/C16H16O10/c1-16(2)23-5-9(26-16)12-13(11(20)15(22)24-12)25-14(21)6-3-7(17)10(19)8(18)4-6/h3-4,9,12,17-20H,5H2,1-2H3/t9-,12+/m0/s1. The average Bonchev–Trinajstić information content (AvgIpc) is 3.06. The van der Waals surface area contributed by atoms with Gasteiger partial charge in [0.15, 0.2) is 29.1 Å². The van der Waals surface area contributed by atoms with E-state index in [-0.39, 0.29) is 12.2 Å². The van der Waals surface area contributed by atoms with E-state index < -0.39 is 58.7 Å². The number of aromatic hydroxyl groups is 3. The maximum Gasteiger partial charge on any atom is 0.378 e. The van der Waals surface area contributed by atoms with Gasteiger partial charge in [-0.2, -0.15) is 0 Å². The molecule has 10 nitrogen and oxygen atoms in total. The van der Waals surface area contributed by atoms with Crippen LogP contribution in [-0.2, 0) is 23.7 Å². The molecule has 0 unspecified atom stereocenters. The number of aliphatic hydroxyl groups is 1. The summed E-state index contributed by atoms with van der Waals surface area (Å²) in [7, 11) is 0. The Morgan fingerprint density at radius 3 is 2.35 bits per heavy atom. The van der Waals surface area contributed by atoms with E-state index in [9.17, 15) is 30.0 Å². The zero-order chi connectivity index (χ0) is 19.2. The molecule has 2 aliphatic rings. The summed E-state index contributed by atoms with van der Waals surface area (Å²) < 4.78 is 20.9. The highest BCUT2D eigenvalue weighted by atomic mass is 16.8. The van der Waals surface area contributed by atoms with Gasteiger partial charge in [-0.1, -0.05) is 0 Å². The van der Waals surface area contributed by atoms with Gasteiger partial charge in [0.25, 0.3) is 0 Å². The average molecular weight is 368 g/mol. The molecule has 0 saturated carbocycles. The number of benzene rings is 1. The van der Waals surface area contributed by atoms with Crippen molar-refractivity contribution in [3.63, 3.8) is 0 Å². The first-order valence-corrected chi connectivity index (χ1v) is 7.52. The molecule has 1 aromatic carbocycles. The summed E-state index contributed by atoms with van der Waals surface area (Å²) >= 11 is 0. The SMILES string of the molecule is CC1(C)OC[C@@H]([C@H]2OC(=O)C(O)=C2OC(=O)c2cc(O)c(O)c(O)c2)O1. The zero-order valence-corrected chi connectivity index (χ0v) is 13.8. The fraction of sp³-hybridized carbons (Fsp3) is 0.375. The summed E-state index contributed by atoms with van der Waals surface area (Å²) in [5, 5.41) is 38.1. The molecule has 0 aromatic heterocycles. The molecule has 1 aromatic rings.